The number of hydrogen-bond donors (Lipinski definition) is 2. The molecule has 1 atom stereocenters. The van der Waals surface area contributed by atoms with Crippen LogP contribution in [0.1, 0.15) is 11.7 Å². The zero-order valence-electron chi connectivity index (χ0n) is 7.40. The Balaban J connectivity index is 3.05. The fraction of sp³-hybridized carbons (Fsp3) is 0.222. The first-order valence-electron chi connectivity index (χ1n) is 3.80. The van der Waals surface area contributed by atoms with Crippen molar-refractivity contribution in [2.75, 3.05) is 7.11 Å². The van der Waals surface area contributed by atoms with Crippen LogP contribution in [0.25, 0.3) is 0 Å². The van der Waals surface area contributed by atoms with Gasteiger partial charge in [0, 0.05) is 5.56 Å². The first-order chi connectivity index (χ1) is 6.56. The Labute approximate surface area is 85.7 Å². The highest BCUT2D eigenvalue weighted by Crippen LogP contribution is 2.27. The first kappa shape index (κ1) is 10.8. The van der Waals surface area contributed by atoms with Gasteiger partial charge in [0.2, 0.25) is 0 Å². The number of methoxy groups -OCH3 is 1. The van der Waals surface area contributed by atoms with Crippen molar-refractivity contribution in [2.45, 2.75) is 6.10 Å². The number of halogens is 1. The second-order valence-corrected chi connectivity index (χ2v) is 3.04. The van der Waals surface area contributed by atoms with Crippen LogP contribution < -0.4 is 4.74 Å². The summed E-state index contributed by atoms with van der Waals surface area (Å²) < 4.78 is 4.88. The molecule has 1 aromatic carbocycles. The molecule has 5 heteroatoms. The van der Waals surface area contributed by atoms with Crippen LogP contribution in [0.4, 0.5) is 0 Å². The van der Waals surface area contributed by atoms with Gasteiger partial charge in [-0.3, -0.25) is 0 Å². The molecule has 0 heterocycles. The van der Waals surface area contributed by atoms with E-state index in [-0.39, 0.29) is 10.6 Å². The van der Waals surface area contributed by atoms with Gasteiger partial charge in [-0.15, -0.1) is 0 Å². The maximum atomic E-state index is 10.5. The van der Waals surface area contributed by atoms with Gasteiger partial charge in [0.25, 0.3) is 0 Å². The van der Waals surface area contributed by atoms with Crippen molar-refractivity contribution >= 4 is 17.6 Å². The Morgan fingerprint density at radius 1 is 1.57 bits per heavy atom. The van der Waals surface area contributed by atoms with Gasteiger partial charge in [0.05, 0.1) is 12.1 Å². The second kappa shape index (κ2) is 4.30. The Bertz CT molecular complexity index is 351. The quantitative estimate of drug-likeness (QED) is 0.803. The predicted molar refractivity (Wildman–Crippen MR) is 50.6 cm³/mol. The Morgan fingerprint density at radius 2 is 2.21 bits per heavy atom. The number of benzene rings is 1. The van der Waals surface area contributed by atoms with Crippen LogP contribution in [0.3, 0.4) is 0 Å². The van der Waals surface area contributed by atoms with E-state index in [1.54, 1.807) is 0 Å². The monoisotopic (exact) mass is 216 g/mol. The number of rotatable bonds is 3. The average molecular weight is 217 g/mol. The first-order valence-corrected chi connectivity index (χ1v) is 4.18. The number of carboxylic acid groups (broad SMARTS) is 1. The molecule has 0 aliphatic rings. The smallest absolute Gasteiger partial charge is 0.337 e. The third-order valence-electron chi connectivity index (χ3n) is 1.74. The average Bonchev–Trinajstić information content (AvgIpc) is 2.16. The van der Waals surface area contributed by atoms with E-state index in [1.807, 2.05) is 0 Å². The topological polar surface area (TPSA) is 66.8 Å². The molecule has 0 radical (unpaired) electrons. The van der Waals surface area contributed by atoms with Gasteiger partial charge in [-0.05, 0) is 12.1 Å². The molecule has 0 saturated carbocycles. The third-order valence-corrected chi connectivity index (χ3v) is 2.06. The lowest BCUT2D eigenvalue weighted by Gasteiger charge is -2.09. The van der Waals surface area contributed by atoms with Crippen molar-refractivity contribution in [3.05, 3.63) is 28.8 Å². The van der Waals surface area contributed by atoms with Crippen molar-refractivity contribution in [1.29, 1.82) is 0 Å². The minimum Gasteiger partial charge on any atom is -0.497 e. The minimum absolute atomic E-state index is 0.153. The number of carbonyl (C=O) groups is 1. The van der Waals surface area contributed by atoms with Gasteiger partial charge >= 0.3 is 5.97 Å². The summed E-state index contributed by atoms with van der Waals surface area (Å²) >= 11 is 5.74. The van der Waals surface area contributed by atoms with Crippen LogP contribution in [-0.2, 0) is 4.79 Å². The van der Waals surface area contributed by atoms with Gasteiger partial charge in [-0.1, -0.05) is 17.7 Å². The van der Waals surface area contributed by atoms with Gasteiger partial charge < -0.3 is 14.9 Å². The summed E-state index contributed by atoms with van der Waals surface area (Å²) in [6.07, 6.45) is -1.60. The van der Waals surface area contributed by atoms with Gasteiger partial charge in [0.1, 0.15) is 5.75 Å². The summed E-state index contributed by atoms with van der Waals surface area (Å²) in [5.74, 6) is -0.826. The molecule has 0 aliphatic heterocycles. The van der Waals surface area contributed by atoms with E-state index in [4.69, 9.17) is 21.4 Å². The van der Waals surface area contributed by atoms with E-state index < -0.39 is 12.1 Å². The molecule has 14 heavy (non-hydrogen) atoms. The van der Waals surface area contributed by atoms with Crippen LogP contribution in [0.2, 0.25) is 5.02 Å². The fourth-order valence-corrected chi connectivity index (χ4v) is 1.26. The Hall–Kier alpha value is -1.26. The highest BCUT2D eigenvalue weighted by Gasteiger charge is 2.18. The molecule has 76 valence electrons. The summed E-state index contributed by atoms with van der Waals surface area (Å²) in [5.41, 5.74) is 0.153. The summed E-state index contributed by atoms with van der Waals surface area (Å²) in [4.78, 5) is 10.5. The van der Waals surface area contributed by atoms with E-state index in [1.165, 1.54) is 25.3 Å². The molecule has 1 rings (SSSR count). The summed E-state index contributed by atoms with van der Waals surface area (Å²) in [5, 5.41) is 17.9. The van der Waals surface area contributed by atoms with Gasteiger partial charge in [0.15, 0.2) is 6.10 Å². The van der Waals surface area contributed by atoms with E-state index >= 15 is 0 Å². The largest absolute Gasteiger partial charge is 0.497 e. The van der Waals surface area contributed by atoms with Crippen LogP contribution >= 0.6 is 11.6 Å². The highest BCUT2D eigenvalue weighted by molar-refractivity contribution is 6.31. The molecule has 1 aromatic rings. The molecule has 4 nitrogen and oxygen atoms in total. The van der Waals surface area contributed by atoms with Crippen molar-refractivity contribution in [3.8, 4) is 5.75 Å². The maximum absolute atomic E-state index is 10.5. The summed E-state index contributed by atoms with van der Waals surface area (Å²) in [6, 6.07) is 4.40. The van der Waals surface area contributed by atoms with E-state index in [0.29, 0.717) is 5.75 Å². The molecule has 0 unspecified atom stereocenters. The summed E-state index contributed by atoms with van der Waals surface area (Å²) in [6.45, 7) is 0. The standard InChI is InChI=1S/C9H9ClO4/c1-14-5-2-3-6(7(10)4-5)8(11)9(12)13/h2-4,8,11H,1H3,(H,12,13)/t8-/m1/s1. The zero-order valence-corrected chi connectivity index (χ0v) is 8.15. The van der Waals surface area contributed by atoms with Crippen LogP contribution in [0, 0.1) is 0 Å². The van der Waals surface area contributed by atoms with E-state index in [9.17, 15) is 9.90 Å². The van der Waals surface area contributed by atoms with E-state index in [2.05, 4.69) is 0 Å². The molecule has 0 spiro atoms. The molecular formula is C9H9ClO4. The lowest BCUT2D eigenvalue weighted by atomic mass is 10.1. The molecule has 0 aromatic heterocycles. The molecule has 2 N–H and O–H groups in total. The van der Waals surface area contributed by atoms with Crippen LogP contribution in [0.15, 0.2) is 18.2 Å². The summed E-state index contributed by atoms with van der Waals surface area (Å²) in [7, 11) is 1.47. The van der Waals surface area contributed by atoms with Crippen molar-refractivity contribution in [2.24, 2.45) is 0 Å². The van der Waals surface area contributed by atoms with Gasteiger partial charge in [-0.25, -0.2) is 4.79 Å². The Kier molecular flexibility index (Phi) is 3.33. The third kappa shape index (κ3) is 2.16. The minimum atomic E-state index is -1.60. The number of hydrogen-bond acceptors (Lipinski definition) is 3. The zero-order chi connectivity index (χ0) is 10.7. The number of carboxylic acids is 1. The molecule has 0 bridgehead atoms. The van der Waals surface area contributed by atoms with Crippen molar-refractivity contribution in [1.82, 2.24) is 0 Å². The van der Waals surface area contributed by atoms with Crippen molar-refractivity contribution < 1.29 is 19.7 Å². The molecule has 0 fully saturated rings. The number of aliphatic hydroxyl groups excluding tert-OH is 1. The highest BCUT2D eigenvalue weighted by atomic mass is 35.5. The molecular weight excluding hydrogens is 208 g/mol. The predicted octanol–water partition coefficient (Wildman–Crippen LogP) is 1.47. The molecule has 0 aliphatic carbocycles. The van der Waals surface area contributed by atoms with E-state index in [0.717, 1.165) is 0 Å². The number of aliphatic carboxylic acids is 1. The lowest BCUT2D eigenvalue weighted by molar-refractivity contribution is -0.146. The fourth-order valence-electron chi connectivity index (χ4n) is 0.990. The lowest BCUT2D eigenvalue weighted by Crippen LogP contribution is -2.10. The van der Waals surface area contributed by atoms with Crippen molar-refractivity contribution in [3.63, 3.8) is 0 Å². The maximum Gasteiger partial charge on any atom is 0.337 e. The number of ether oxygens (including phenoxy) is 1. The molecule has 0 saturated heterocycles. The normalized spacial score (nSPS) is 12.2. The second-order valence-electron chi connectivity index (χ2n) is 2.63. The van der Waals surface area contributed by atoms with Gasteiger partial charge in [-0.2, -0.15) is 0 Å². The molecule has 0 amide bonds. The van der Waals surface area contributed by atoms with Crippen LogP contribution in [0.5, 0.6) is 5.75 Å². The number of aliphatic hydroxyl groups is 1. The SMILES string of the molecule is COc1ccc([C@@H](O)C(=O)O)c(Cl)c1. The van der Waals surface area contributed by atoms with Crippen LogP contribution in [-0.4, -0.2) is 23.3 Å². The Morgan fingerprint density at radius 3 is 2.64 bits per heavy atom.